The summed E-state index contributed by atoms with van der Waals surface area (Å²) in [4.78, 5) is 25.0. The minimum atomic E-state index is -0.333. The monoisotopic (exact) mass is 293 g/mol. The highest BCUT2D eigenvalue weighted by molar-refractivity contribution is 5.77. The van der Waals surface area contributed by atoms with E-state index in [2.05, 4.69) is 4.74 Å². The smallest absolute Gasteiger partial charge is 0.307 e. The lowest BCUT2D eigenvalue weighted by atomic mass is 10.1. The molecule has 0 radical (unpaired) electrons. The first-order valence-electron chi connectivity index (χ1n) is 7.16. The number of benzene rings is 1. The second-order valence-corrected chi connectivity index (χ2v) is 4.77. The first kappa shape index (κ1) is 17.2. The van der Waals surface area contributed by atoms with E-state index >= 15 is 0 Å². The molecular formula is C16H23NO4. The van der Waals surface area contributed by atoms with Crippen LogP contribution in [0.5, 0.6) is 0 Å². The third-order valence-electron chi connectivity index (χ3n) is 3.22. The zero-order chi connectivity index (χ0) is 15.5. The van der Waals surface area contributed by atoms with Crippen LogP contribution in [-0.2, 0) is 20.7 Å². The molecule has 0 saturated heterocycles. The number of rotatable bonds is 9. The van der Waals surface area contributed by atoms with Crippen LogP contribution >= 0.6 is 0 Å². The van der Waals surface area contributed by atoms with Crippen molar-refractivity contribution in [1.29, 1.82) is 0 Å². The van der Waals surface area contributed by atoms with Gasteiger partial charge in [0.05, 0.1) is 13.5 Å². The van der Waals surface area contributed by atoms with Gasteiger partial charge in [0.15, 0.2) is 0 Å². The van der Waals surface area contributed by atoms with Gasteiger partial charge in [-0.15, -0.1) is 0 Å². The number of esters is 1. The molecule has 0 heterocycles. The van der Waals surface area contributed by atoms with Crippen molar-refractivity contribution in [2.24, 2.45) is 0 Å². The molecule has 5 heteroatoms. The van der Waals surface area contributed by atoms with Gasteiger partial charge in [0.25, 0.3) is 0 Å². The number of carbonyl (C=O) groups is 2. The number of amides is 1. The van der Waals surface area contributed by atoms with Gasteiger partial charge in [-0.2, -0.15) is 0 Å². The lowest BCUT2D eigenvalue weighted by Crippen LogP contribution is -2.34. The van der Waals surface area contributed by atoms with Crippen molar-refractivity contribution in [1.82, 2.24) is 4.90 Å². The average Bonchev–Trinajstić information content (AvgIpc) is 2.53. The fourth-order valence-electron chi connectivity index (χ4n) is 2.01. The highest BCUT2D eigenvalue weighted by atomic mass is 16.5. The number of hydrogen-bond acceptors (Lipinski definition) is 4. The lowest BCUT2D eigenvalue weighted by molar-refractivity contribution is -0.141. The van der Waals surface area contributed by atoms with E-state index in [1.807, 2.05) is 30.3 Å². The predicted molar refractivity (Wildman–Crippen MR) is 79.7 cm³/mol. The molecule has 0 unspecified atom stereocenters. The number of aliphatic hydroxyl groups is 1. The second kappa shape index (κ2) is 9.94. The van der Waals surface area contributed by atoms with Gasteiger partial charge in [0.2, 0.25) is 5.91 Å². The summed E-state index contributed by atoms with van der Waals surface area (Å²) in [5, 5.41) is 8.90. The molecule has 1 N–H and O–H groups in total. The Labute approximate surface area is 125 Å². The Hall–Kier alpha value is -1.88. The highest BCUT2D eigenvalue weighted by Crippen LogP contribution is 2.06. The average molecular weight is 293 g/mol. The van der Waals surface area contributed by atoms with Crippen LogP contribution in [0.3, 0.4) is 0 Å². The van der Waals surface area contributed by atoms with Crippen LogP contribution in [0.25, 0.3) is 0 Å². The number of aliphatic hydroxyl groups excluding tert-OH is 1. The van der Waals surface area contributed by atoms with Crippen LogP contribution < -0.4 is 0 Å². The maximum atomic E-state index is 12.2. The first-order valence-corrected chi connectivity index (χ1v) is 7.16. The number of nitrogens with zero attached hydrogens (tertiary/aromatic N) is 1. The Morgan fingerprint density at radius 2 is 1.86 bits per heavy atom. The SMILES string of the molecule is COC(=O)CCN(CCCO)C(=O)CCc1ccccc1. The van der Waals surface area contributed by atoms with Gasteiger partial charge in [-0.1, -0.05) is 30.3 Å². The van der Waals surface area contributed by atoms with Crippen molar-refractivity contribution in [2.45, 2.75) is 25.7 Å². The number of carbonyl (C=O) groups excluding carboxylic acids is 2. The zero-order valence-corrected chi connectivity index (χ0v) is 12.5. The number of aryl methyl sites for hydroxylation is 1. The van der Waals surface area contributed by atoms with Crippen molar-refractivity contribution in [3.63, 3.8) is 0 Å². The van der Waals surface area contributed by atoms with E-state index in [0.717, 1.165) is 5.56 Å². The largest absolute Gasteiger partial charge is 0.469 e. The summed E-state index contributed by atoms with van der Waals surface area (Å²) in [6, 6.07) is 9.80. The number of ether oxygens (including phenoxy) is 1. The predicted octanol–water partition coefficient (Wildman–Crippen LogP) is 1.39. The van der Waals surface area contributed by atoms with Crippen molar-refractivity contribution < 1.29 is 19.4 Å². The van der Waals surface area contributed by atoms with E-state index in [0.29, 0.717) is 32.4 Å². The molecular weight excluding hydrogens is 270 g/mol. The summed E-state index contributed by atoms with van der Waals surface area (Å²) in [7, 11) is 1.33. The van der Waals surface area contributed by atoms with Gasteiger partial charge in [-0.25, -0.2) is 0 Å². The van der Waals surface area contributed by atoms with Crippen LogP contribution in [0, 0.1) is 0 Å². The van der Waals surface area contributed by atoms with Crippen LogP contribution in [0.4, 0.5) is 0 Å². The Morgan fingerprint density at radius 3 is 2.48 bits per heavy atom. The molecule has 116 valence electrons. The second-order valence-electron chi connectivity index (χ2n) is 4.77. The van der Waals surface area contributed by atoms with Gasteiger partial charge in [-0.05, 0) is 18.4 Å². The van der Waals surface area contributed by atoms with Gasteiger partial charge < -0.3 is 14.7 Å². The van der Waals surface area contributed by atoms with Crippen molar-refractivity contribution >= 4 is 11.9 Å². The molecule has 0 saturated carbocycles. The summed E-state index contributed by atoms with van der Waals surface area (Å²) in [5.74, 6) is -0.337. The van der Waals surface area contributed by atoms with Crippen molar-refractivity contribution in [3.8, 4) is 0 Å². The third-order valence-corrected chi connectivity index (χ3v) is 3.22. The molecule has 0 spiro atoms. The third kappa shape index (κ3) is 6.90. The minimum absolute atomic E-state index is 0.00351. The molecule has 1 amide bonds. The van der Waals surface area contributed by atoms with Crippen LogP contribution in [0.2, 0.25) is 0 Å². The normalized spacial score (nSPS) is 10.2. The van der Waals surface area contributed by atoms with Crippen LogP contribution in [0.1, 0.15) is 24.8 Å². The quantitative estimate of drug-likeness (QED) is 0.699. The molecule has 0 aliphatic carbocycles. The zero-order valence-electron chi connectivity index (χ0n) is 12.5. The number of methoxy groups -OCH3 is 1. The molecule has 0 fully saturated rings. The Kier molecular flexibility index (Phi) is 8.12. The molecule has 1 rings (SSSR count). The van der Waals surface area contributed by atoms with Crippen molar-refractivity contribution in [2.75, 3.05) is 26.8 Å². The molecule has 0 atom stereocenters. The van der Waals surface area contributed by atoms with E-state index in [1.165, 1.54) is 7.11 Å². The fourth-order valence-corrected chi connectivity index (χ4v) is 2.01. The van der Waals surface area contributed by atoms with E-state index in [4.69, 9.17) is 5.11 Å². The lowest BCUT2D eigenvalue weighted by Gasteiger charge is -2.22. The molecule has 0 aliphatic rings. The molecule has 21 heavy (non-hydrogen) atoms. The highest BCUT2D eigenvalue weighted by Gasteiger charge is 2.14. The molecule has 1 aromatic rings. The molecule has 1 aromatic carbocycles. The molecule has 5 nitrogen and oxygen atoms in total. The van der Waals surface area contributed by atoms with E-state index in [1.54, 1.807) is 4.90 Å². The Morgan fingerprint density at radius 1 is 1.14 bits per heavy atom. The van der Waals surface area contributed by atoms with E-state index < -0.39 is 0 Å². The molecule has 0 bridgehead atoms. The van der Waals surface area contributed by atoms with Gasteiger partial charge in [-0.3, -0.25) is 9.59 Å². The van der Waals surface area contributed by atoms with Gasteiger partial charge in [0.1, 0.15) is 0 Å². The van der Waals surface area contributed by atoms with Gasteiger partial charge in [0, 0.05) is 26.1 Å². The van der Waals surface area contributed by atoms with Crippen LogP contribution in [-0.4, -0.2) is 48.7 Å². The maximum absolute atomic E-state index is 12.2. The Balaban J connectivity index is 2.47. The maximum Gasteiger partial charge on any atom is 0.307 e. The van der Waals surface area contributed by atoms with Crippen molar-refractivity contribution in [3.05, 3.63) is 35.9 Å². The number of hydrogen-bond donors (Lipinski definition) is 1. The summed E-state index contributed by atoms with van der Waals surface area (Å²) >= 11 is 0. The molecule has 0 aliphatic heterocycles. The van der Waals surface area contributed by atoms with E-state index in [-0.39, 0.29) is 24.9 Å². The van der Waals surface area contributed by atoms with Crippen LogP contribution in [0.15, 0.2) is 30.3 Å². The Bertz CT molecular complexity index is 433. The standard InChI is InChI=1S/C16H23NO4/c1-21-16(20)10-12-17(11-5-13-18)15(19)9-8-14-6-3-2-4-7-14/h2-4,6-7,18H,5,8-13H2,1H3. The summed E-state index contributed by atoms with van der Waals surface area (Å²) < 4.78 is 4.59. The summed E-state index contributed by atoms with van der Waals surface area (Å²) in [6.07, 6.45) is 1.77. The summed E-state index contributed by atoms with van der Waals surface area (Å²) in [5.41, 5.74) is 1.11. The van der Waals surface area contributed by atoms with E-state index in [9.17, 15) is 9.59 Å². The topological polar surface area (TPSA) is 66.8 Å². The van der Waals surface area contributed by atoms with Gasteiger partial charge >= 0.3 is 5.97 Å². The molecule has 0 aromatic heterocycles. The summed E-state index contributed by atoms with van der Waals surface area (Å²) in [6.45, 7) is 0.822. The minimum Gasteiger partial charge on any atom is -0.469 e. The first-order chi connectivity index (χ1) is 10.2. The fraction of sp³-hybridized carbons (Fsp3) is 0.500.